The first-order chi connectivity index (χ1) is 21.2. The lowest BCUT2D eigenvalue weighted by Crippen LogP contribution is -2.48. The van der Waals surface area contributed by atoms with E-state index in [0.29, 0.717) is 24.9 Å². The third-order valence-electron chi connectivity index (χ3n) is 6.91. The lowest BCUT2D eigenvalue weighted by molar-refractivity contribution is -0.141. The topological polar surface area (TPSA) is 152 Å². The van der Waals surface area contributed by atoms with Crippen LogP contribution < -0.4 is 14.6 Å². The fraction of sp³-hybridized carbons (Fsp3) is 0.370. The minimum Gasteiger partial charge on any atom is -0.438 e. The maximum atomic E-state index is 13.5. The van der Waals surface area contributed by atoms with Crippen LogP contribution in [0.1, 0.15) is 31.0 Å². The van der Waals surface area contributed by atoms with Gasteiger partial charge >= 0.3 is 12.3 Å². The van der Waals surface area contributed by atoms with Gasteiger partial charge in [-0.2, -0.15) is 22.9 Å². The molecule has 3 heterocycles. The molecule has 4 aromatic rings. The zero-order valence-electron chi connectivity index (χ0n) is 24.2. The van der Waals surface area contributed by atoms with Crippen LogP contribution in [-0.4, -0.2) is 66.7 Å². The number of aromatic nitrogens is 4. The second kappa shape index (κ2) is 12.3. The molecule has 2 unspecified atom stereocenters. The van der Waals surface area contributed by atoms with Gasteiger partial charge in [-0.15, -0.1) is 0 Å². The summed E-state index contributed by atoms with van der Waals surface area (Å²) >= 11 is 0. The number of alkyl halides is 3. The van der Waals surface area contributed by atoms with E-state index < -0.39 is 46.2 Å². The third kappa shape index (κ3) is 7.27. The van der Waals surface area contributed by atoms with Crippen molar-refractivity contribution < 1.29 is 50.1 Å². The number of amides is 1. The van der Waals surface area contributed by atoms with Gasteiger partial charge in [0.1, 0.15) is 5.02 Å². The van der Waals surface area contributed by atoms with Gasteiger partial charge in [0, 0.05) is 24.0 Å². The number of carbonyl (C=O) groups excluding carboxylic acids is 2. The zero-order valence-corrected chi connectivity index (χ0v) is 25.0. The van der Waals surface area contributed by atoms with Crippen LogP contribution in [0.5, 0.6) is 0 Å². The summed E-state index contributed by atoms with van der Waals surface area (Å²) in [4.78, 5) is 30.3. The number of nitrogens with zero attached hydrogens (tertiary/aromatic N) is 5. The molecule has 5 rings (SSSR count). The maximum absolute atomic E-state index is 13.5. The van der Waals surface area contributed by atoms with Crippen molar-refractivity contribution in [3.63, 3.8) is 0 Å². The largest absolute Gasteiger partial charge is 0.511 e. The van der Waals surface area contributed by atoms with Crippen LogP contribution in [0.25, 0.3) is 16.9 Å². The molecule has 0 bridgehead atoms. The quantitative estimate of drug-likeness (QED) is 0.210. The fourth-order valence-corrected chi connectivity index (χ4v) is 5.65. The molecule has 45 heavy (non-hydrogen) atoms. The molecule has 1 saturated heterocycles. The van der Waals surface area contributed by atoms with E-state index in [1.54, 1.807) is 29.3 Å². The summed E-state index contributed by atoms with van der Waals surface area (Å²) in [6.07, 6.45) is -5.77. The van der Waals surface area contributed by atoms with E-state index in [9.17, 15) is 31.2 Å². The van der Waals surface area contributed by atoms with Gasteiger partial charge in [-0.05, 0) is 50.1 Å². The molecule has 242 valence electrons. The summed E-state index contributed by atoms with van der Waals surface area (Å²) in [6, 6.07) is 12.8. The number of hydrogen-bond acceptors (Lipinski definition) is 10. The van der Waals surface area contributed by atoms with Gasteiger partial charge in [0.15, 0.2) is 5.69 Å². The number of aryl methyl sites for hydroxylation is 1. The minimum absolute atomic E-state index is 0.0923. The predicted molar refractivity (Wildman–Crippen MR) is 149 cm³/mol. The van der Waals surface area contributed by atoms with E-state index in [4.69, 9.17) is 14.2 Å². The lowest BCUT2D eigenvalue weighted by atomic mass is 9.99. The minimum atomic E-state index is -4.70. The molecule has 1 fully saturated rings. The second-order valence-corrected chi connectivity index (χ2v) is 11.9. The number of halogens is 3. The van der Waals surface area contributed by atoms with E-state index in [-0.39, 0.29) is 22.8 Å². The van der Waals surface area contributed by atoms with Gasteiger partial charge in [-0.3, -0.25) is 9.80 Å². The molecular formula is C27H29F3N6O8S. The average Bonchev–Trinajstić information content (AvgIpc) is 3.60. The summed E-state index contributed by atoms with van der Waals surface area (Å²) in [6.45, 7) is 3.84. The van der Waals surface area contributed by atoms with Gasteiger partial charge in [0.05, 0.1) is 35.8 Å². The standard InChI is InChI=1S/C27H29F3N6O8S/c1-17-6-8-19(9-7-17)23-15-24(27(28,29)30)31-34(23)21-10-12-22(13-11-21)45(39,40)32-25(37)20-5-4-14-33(16-20)35-36(44-35)43-18(2)42-26(38)41-3/h6-13,15,18,20H,4-5,14,16H2,1-3H3,(H,32,37). The highest BCUT2D eigenvalue weighted by atomic mass is 32.2. The first-order valence-corrected chi connectivity index (χ1v) is 15.1. The molecule has 0 radical (unpaired) electrons. The summed E-state index contributed by atoms with van der Waals surface area (Å²) in [7, 11) is -3.18. The van der Waals surface area contributed by atoms with Crippen molar-refractivity contribution in [3.8, 4) is 16.9 Å². The summed E-state index contributed by atoms with van der Waals surface area (Å²) in [5.41, 5.74) is 0.657. The smallest absolute Gasteiger partial charge is 0.438 e. The van der Waals surface area contributed by atoms with Gasteiger partial charge in [0.2, 0.25) is 5.91 Å². The molecule has 2 atom stereocenters. The molecule has 1 amide bonds. The Morgan fingerprint density at radius 2 is 1.80 bits per heavy atom. The van der Waals surface area contributed by atoms with Crippen molar-refractivity contribution in [2.24, 2.45) is 5.92 Å². The Hall–Kier alpha value is -4.87. The van der Waals surface area contributed by atoms with Gasteiger partial charge < -0.3 is 14.3 Å². The SMILES string of the molecule is COC(=O)OC(C)On1on1N1CCCC(C(=O)NS(=O)(=O)c2ccc(-n3nc(C(F)(F)F)cc3-c3ccc(C)cc3)cc2)C1. The number of nitrogens with one attached hydrogen (secondary N) is 1. The summed E-state index contributed by atoms with van der Waals surface area (Å²) in [5, 5.41) is 6.26. The zero-order chi connectivity index (χ0) is 32.5. The summed E-state index contributed by atoms with van der Waals surface area (Å²) < 4.78 is 84.2. The van der Waals surface area contributed by atoms with Crippen LogP contribution in [0.2, 0.25) is 0 Å². The first-order valence-electron chi connectivity index (χ1n) is 13.6. The van der Waals surface area contributed by atoms with Gasteiger partial charge in [-0.25, -0.2) is 22.6 Å². The molecule has 18 heteroatoms. The Kier molecular flexibility index (Phi) is 8.59. The Balaban J connectivity index is 1.26. The molecule has 1 aliphatic rings. The monoisotopic (exact) mass is 654 g/mol. The van der Waals surface area contributed by atoms with Crippen molar-refractivity contribution >= 4 is 22.1 Å². The van der Waals surface area contributed by atoms with Crippen LogP contribution in [-0.2, 0) is 30.5 Å². The second-order valence-electron chi connectivity index (χ2n) is 10.2. The molecule has 0 spiro atoms. The number of hydrogen-bond donors (Lipinski definition) is 1. The van der Waals surface area contributed by atoms with Gasteiger partial charge in [0.25, 0.3) is 16.3 Å². The molecule has 1 N–H and O–H groups in total. The average molecular weight is 655 g/mol. The molecule has 2 aromatic carbocycles. The number of benzene rings is 2. The van der Waals surface area contributed by atoms with Crippen LogP contribution in [0, 0.1) is 12.8 Å². The molecule has 1 aliphatic heterocycles. The van der Waals surface area contributed by atoms with E-state index >= 15 is 0 Å². The molecule has 14 nitrogen and oxygen atoms in total. The van der Waals surface area contributed by atoms with E-state index in [1.165, 1.54) is 36.2 Å². The molecule has 0 aliphatic carbocycles. The van der Waals surface area contributed by atoms with E-state index in [2.05, 4.69) is 14.6 Å². The Labute approximate surface area is 254 Å². The van der Waals surface area contributed by atoms with Crippen LogP contribution >= 0.6 is 0 Å². The highest BCUT2D eigenvalue weighted by molar-refractivity contribution is 7.90. The van der Waals surface area contributed by atoms with Crippen molar-refractivity contribution in [2.45, 2.75) is 44.1 Å². The Bertz CT molecular complexity index is 1760. The van der Waals surface area contributed by atoms with Crippen molar-refractivity contribution in [3.05, 3.63) is 65.9 Å². The fourth-order valence-electron chi connectivity index (χ4n) is 4.61. The molecular weight excluding hydrogens is 625 g/mol. The van der Waals surface area contributed by atoms with Crippen molar-refractivity contribution in [2.75, 3.05) is 25.2 Å². The predicted octanol–water partition coefficient (Wildman–Crippen LogP) is 3.47. The highest BCUT2D eigenvalue weighted by Gasteiger charge is 2.36. The van der Waals surface area contributed by atoms with Crippen LogP contribution in [0.3, 0.4) is 0 Å². The lowest BCUT2D eigenvalue weighted by Gasteiger charge is -2.28. The number of methoxy groups -OCH3 is 1. The Morgan fingerprint density at radius 1 is 1.11 bits per heavy atom. The normalized spacial score (nSPS) is 16.3. The Morgan fingerprint density at radius 3 is 2.44 bits per heavy atom. The number of ether oxygens (including phenoxy) is 2. The van der Waals surface area contributed by atoms with Crippen molar-refractivity contribution in [1.82, 2.24) is 24.5 Å². The number of piperidine rings is 1. The van der Waals surface area contributed by atoms with Crippen LogP contribution in [0.4, 0.5) is 18.0 Å². The third-order valence-corrected chi connectivity index (χ3v) is 8.27. The number of sulfonamides is 1. The van der Waals surface area contributed by atoms with E-state index in [0.717, 1.165) is 28.4 Å². The molecule has 2 aromatic heterocycles. The summed E-state index contributed by atoms with van der Waals surface area (Å²) in [5.74, 6) is -1.48. The highest BCUT2D eigenvalue weighted by Crippen LogP contribution is 2.33. The first kappa shape index (κ1) is 31.6. The maximum Gasteiger partial charge on any atom is 0.511 e. The number of rotatable bonds is 9. The van der Waals surface area contributed by atoms with Crippen LogP contribution in [0.15, 0.2) is 64.1 Å². The molecule has 0 saturated carbocycles. The number of carbonyl (C=O) groups is 2. The van der Waals surface area contributed by atoms with E-state index in [1.807, 2.05) is 6.92 Å². The van der Waals surface area contributed by atoms with Crippen molar-refractivity contribution in [1.29, 1.82) is 0 Å². The van der Waals surface area contributed by atoms with Gasteiger partial charge in [-0.1, -0.05) is 29.8 Å².